The third kappa shape index (κ3) is 4.23. The van der Waals surface area contributed by atoms with Crippen molar-refractivity contribution in [2.24, 2.45) is 0 Å². The molecular weight excluding hydrogens is 262 g/mol. The van der Waals surface area contributed by atoms with Gasteiger partial charge in [0.15, 0.2) is 0 Å². The fourth-order valence-corrected chi connectivity index (χ4v) is 1.51. The summed E-state index contributed by atoms with van der Waals surface area (Å²) in [6, 6.07) is 3.68. The number of nitrogens with zero attached hydrogens (tertiary/aromatic N) is 1. The molecule has 1 rings (SSSR count). The third-order valence-electron chi connectivity index (χ3n) is 2.47. The lowest BCUT2D eigenvalue weighted by atomic mass is 10.2. The molecule has 1 aromatic carbocycles. The lowest BCUT2D eigenvalue weighted by Crippen LogP contribution is -2.37. The zero-order valence-electron chi connectivity index (χ0n) is 10.4. The van der Waals surface area contributed by atoms with Gasteiger partial charge in [0.25, 0.3) is 0 Å². The molecule has 1 N–H and O–H groups in total. The van der Waals surface area contributed by atoms with Gasteiger partial charge in [-0.05, 0) is 26.1 Å². The summed E-state index contributed by atoms with van der Waals surface area (Å²) in [5.41, 5.74) is -0.0706. The standard InChI is InChI=1S/C12H16F2N2O.ClH/c1-3-16(12(17)7-15-2)8-9-10(13)5-4-6-11(9)14;/h4-6,15H,3,7-8H2,1-2H3;1H. The third-order valence-corrected chi connectivity index (χ3v) is 2.47. The van der Waals surface area contributed by atoms with Crippen LogP contribution in [0, 0.1) is 11.6 Å². The van der Waals surface area contributed by atoms with Gasteiger partial charge in [-0.2, -0.15) is 0 Å². The van der Waals surface area contributed by atoms with Gasteiger partial charge in [-0.15, -0.1) is 12.4 Å². The number of amides is 1. The number of hydrogen-bond acceptors (Lipinski definition) is 2. The van der Waals surface area contributed by atoms with Crippen molar-refractivity contribution in [3.63, 3.8) is 0 Å². The van der Waals surface area contributed by atoms with Crippen molar-refractivity contribution in [3.8, 4) is 0 Å². The summed E-state index contributed by atoms with van der Waals surface area (Å²) in [4.78, 5) is 13.0. The summed E-state index contributed by atoms with van der Waals surface area (Å²) in [6.45, 7) is 2.29. The Morgan fingerprint density at radius 2 is 1.89 bits per heavy atom. The first-order chi connectivity index (χ1) is 8.10. The van der Waals surface area contributed by atoms with Crippen molar-refractivity contribution in [2.45, 2.75) is 13.5 Å². The minimum Gasteiger partial charge on any atom is -0.337 e. The van der Waals surface area contributed by atoms with Gasteiger partial charge in [0, 0.05) is 12.1 Å². The summed E-state index contributed by atoms with van der Waals surface area (Å²) in [5, 5.41) is 2.72. The molecule has 18 heavy (non-hydrogen) atoms. The fraction of sp³-hybridized carbons (Fsp3) is 0.417. The van der Waals surface area contributed by atoms with Crippen molar-refractivity contribution in [2.75, 3.05) is 20.1 Å². The molecule has 0 bridgehead atoms. The quantitative estimate of drug-likeness (QED) is 0.893. The van der Waals surface area contributed by atoms with Crippen LogP contribution in [0.3, 0.4) is 0 Å². The largest absolute Gasteiger partial charge is 0.337 e. The lowest BCUT2D eigenvalue weighted by Gasteiger charge is -2.21. The zero-order valence-corrected chi connectivity index (χ0v) is 11.2. The summed E-state index contributed by atoms with van der Waals surface area (Å²) in [5.74, 6) is -1.43. The molecule has 0 heterocycles. The Bertz CT molecular complexity index is 381. The Hall–Kier alpha value is -1.20. The zero-order chi connectivity index (χ0) is 12.8. The highest BCUT2D eigenvalue weighted by atomic mass is 35.5. The van der Waals surface area contributed by atoms with Gasteiger partial charge >= 0.3 is 0 Å². The van der Waals surface area contributed by atoms with E-state index in [1.54, 1.807) is 14.0 Å². The summed E-state index contributed by atoms with van der Waals surface area (Å²) < 4.78 is 26.8. The van der Waals surface area contributed by atoms with Crippen LogP contribution in [-0.2, 0) is 11.3 Å². The molecule has 1 aromatic rings. The fourth-order valence-electron chi connectivity index (χ4n) is 1.51. The number of hydrogen-bond donors (Lipinski definition) is 1. The van der Waals surface area contributed by atoms with Crippen LogP contribution < -0.4 is 5.32 Å². The van der Waals surface area contributed by atoms with E-state index in [-0.39, 0.29) is 37.0 Å². The van der Waals surface area contributed by atoms with Gasteiger partial charge in [0.2, 0.25) is 5.91 Å². The molecule has 6 heteroatoms. The number of carbonyl (C=O) groups excluding carboxylic acids is 1. The highest BCUT2D eigenvalue weighted by Crippen LogP contribution is 2.14. The van der Waals surface area contributed by atoms with E-state index in [2.05, 4.69) is 5.32 Å². The van der Waals surface area contributed by atoms with Crippen LogP contribution in [0.1, 0.15) is 12.5 Å². The Labute approximate surface area is 112 Å². The van der Waals surface area contributed by atoms with Gasteiger partial charge in [0.1, 0.15) is 11.6 Å². The lowest BCUT2D eigenvalue weighted by molar-refractivity contribution is -0.130. The predicted octanol–water partition coefficient (Wildman–Crippen LogP) is 1.95. The Balaban J connectivity index is 0.00000289. The predicted molar refractivity (Wildman–Crippen MR) is 68.6 cm³/mol. The molecule has 0 aliphatic carbocycles. The van der Waals surface area contributed by atoms with Crippen LogP contribution in [0.2, 0.25) is 0 Å². The maximum atomic E-state index is 13.4. The van der Waals surface area contributed by atoms with E-state index >= 15 is 0 Å². The van der Waals surface area contributed by atoms with Gasteiger partial charge in [-0.25, -0.2) is 8.78 Å². The molecule has 0 saturated heterocycles. The summed E-state index contributed by atoms with van der Waals surface area (Å²) in [6.07, 6.45) is 0. The van der Waals surface area contributed by atoms with Crippen LogP contribution in [0.15, 0.2) is 18.2 Å². The van der Waals surface area contributed by atoms with Crippen LogP contribution in [0.5, 0.6) is 0 Å². The highest BCUT2D eigenvalue weighted by molar-refractivity contribution is 5.85. The van der Waals surface area contributed by atoms with Crippen molar-refractivity contribution >= 4 is 18.3 Å². The van der Waals surface area contributed by atoms with E-state index in [4.69, 9.17) is 0 Å². The van der Waals surface area contributed by atoms with Crippen molar-refractivity contribution in [1.29, 1.82) is 0 Å². The number of nitrogens with one attached hydrogen (secondary N) is 1. The van der Waals surface area contributed by atoms with Crippen LogP contribution >= 0.6 is 12.4 Å². The number of likely N-dealkylation sites (N-methyl/N-ethyl adjacent to an activating group) is 2. The Morgan fingerprint density at radius 3 is 2.33 bits per heavy atom. The number of halogens is 3. The first-order valence-corrected chi connectivity index (χ1v) is 5.45. The SMILES string of the molecule is CCN(Cc1c(F)cccc1F)C(=O)CNC.Cl. The van der Waals surface area contributed by atoms with Crippen LogP contribution in [0.25, 0.3) is 0 Å². The summed E-state index contributed by atoms with van der Waals surface area (Å²) in [7, 11) is 1.65. The molecule has 0 aliphatic rings. The van der Waals surface area contributed by atoms with Crippen LogP contribution in [0.4, 0.5) is 8.78 Å². The minimum absolute atomic E-state index is 0. The first kappa shape index (κ1) is 16.8. The van der Waals surface area contributed by atoms with E-state index in [1.165, 1.54) is 23.1 Å². The highest BCUT2D eigenvalue weighted by Gasteiger charge is 2.16. The molecule has 3 nitrogen and oxygen atoms in total. The number of benzene rings is 1. The van der Waals surface area contributed by atoms with E-state index in [0.717, 1.165) is 0 Å². The normalized spacial score (nSPS) is 9.78. The second-order valence-electron chi connectivity index (χ2n) is 3.64. The molecule has 0 radical (unpaired) electrons. The minimum atomic E-state index is -0.624. The topological polar surface area (TPSA) is 32.3 Å². The molecule has 102 valence electrons. The van der Waals surface area contributed by atoms with E-state index in [0.29, 0.717) is 6.54 Å². The van der Waals surface area contributed by atoms with E-state index < -0.39 is 11.6 Å². The molecule has 0 aromatic heterocycles. The average Bonchev–Trinajstić information content (AvgIpc) is 2.29. The van der Waals surface area contributed by atoms with Gasteiger partial charge in [-0.1, -0.05) is 6.07 Å². The van der Waals surface area contributed by atoms with Crippen LogP contribution in [-0.4, -0.2) is 30.9 Å². The molecule has 0 atom stereocenters. The van der Waals surface area contributed by atoms with Crippen molar-refractivity contribution in [3.05, 3.63) is 35.4 Å². The monoisotopic (exact) mass is 278 g/mol. The summed E-state index contributed by atoms with van der Waals surface area (Å²) >= 11 is 0. The molecule has 0 fully saturated rings. The molecule has 0 spiro atoms. The molecular formula is C12H17ClF2N2O. The smallest absolute Gasteiger partial charge is 0.236 e. The van der Waals surface area contributed by atoms with E-state index in [1.807, 2.05) is 0 Å². The number of carbonyl (C=O) groups is 1. The van der Waals surface area contributed by atoms with Gasteiger partial charge < -0.3 is 10.2 Å². The maximum absolute atomic E-state index is 13.4. The van der Waals surface area contributed by atoms with E-state index in [9.17, 15) is 13.6 Å². The molecule has 1 amide bonds. The second kappa shape index (κ2) is 8.00. The van der Waals surface area contributed by atoms with Crippen molar-refractivity contribution in [1.82, 2.24) is 10.2 Å². The molecule has 0 unspecified atom stereocenters. The number of rotatable bonds is 5. The maximum Gasteiger partial charge on any atom is 0.236 e. The molecule has 0 aliphatic heterocycles. The molecule has 0 saturated carbocycles. The average molecular weight is 279 g/mol. The van der Waals surface area contributed by atoms with Gasteiger partial charge in [0.05, 0.1) is 13.1 Å². The second-order valence-corrected chi connectivity index (χ2v) is 3.64. The Kier molecular flexibility index (Phi) is 7.47. The first-order valence-electron chi connectivity index (χ1n) is 5.45. The van der Waals surface area contributed by atoms with Gasteiger partial charge in [-0.3, -0.25) is 4.79 Å². The Morgan fingerprint density at radius 1 is 1.33 bits per heavy atom. The van der Waals surface area contributed by atoms with Crippen molar-refractivity contribution < 1.29 is 13.6 Å².